The number of benzene rings is 1. The molecule has 2 atom stereocenters. The van der Waals surface area contributed by atoms with E-state index < -0.39 is 19.2 Å². The predicted molar refractivity (Wildman–Crippen MR) is 91.2 cm³/mol. The Kier molecular flexibility index (Phi) is 5.96. The van der Waals surface area contributed by atoms with E-state index in [0.717, 1.165) is 0 Å². The Hall–Kier alpha value is -0.800. The summed E-state index contributed by atoms with van der Waals surface area (Å²) in [5, 5.41) is 0. The average molecular weight is 364 g/mol. The molecule has 0 saturated carbocycles. The first-order chi connectivity index (χ1) is 10.7. The first-order valence-electron chi connectivity index (χ1n) is 7.35. The molecule has 2 rings (SSSR count). The SMILES string of the molecule is CC(OC(=O)COc1ccc(F)cc1)[PH]1(P)OCC(C)(C)CO1. The van der Waals surface area contributed by atoms with Gasteiger partial charge in [0.15, 0.2) is 0 Å². The third-order valence-corrected chi connectivity index (χ3v) is 8.27. The molecule has 2 unspecified atom stereocenters. The van der Waals surface area contributed by atoms with Crippen LogP contribution in [0.1, 0.15) is 20.8 Å². The fraction of sp³-hybridized carbons (Fsp3) is 0.533. The van der Waals surface area contributed by atoms with Gasteiger partial charge in [0.25, 0.3) is 0 Å². The minimum absolute atomic E-state index is 0.0392. The van der Waals surface area contributed by atoms with Gasteiger partial charge in [-0.2, -0.15) is 0 Å². The molecule has 1 heterocycles. The van der Waals surface area contributed by atoms with Gasteiger partial charge >= 0.3 is 138 Å². The van der Waals surface area contributed by atoms with Crippen LogP contribution in [0.2, 0.25) is 0 Å². The molecule has 1 aromatic rings. The molecule has 5 nitrogen and oxygen atoms in total. The Bertz CT molecular complexity index is 539. The Morgan fingerprint density at radius 3 is 2.48 bits per heavy atom. The predicted octanol–water partition coefficient (Wildman–Crippen LogP) is 3.54. The summed E-state index contributed by atoms with van der Waals surface area (Å²) >= 11 is 0. The third-order valence-electron chi connectivity index (χ3n) is 3.42. The average Bonchev–Trinajstić information content (AvgIpc) is 2.50. The molecule has 1 saturated heterocycles. The van der Waals surface area contributed by atoms with Gasteiger partial charge in [-0.3, -0.25) is 0 Å². The van der Waals surface area contributed by atoms with E-state index in [1.54, 1.807) is 6.92 Å². The van der Waals surface area contributed by atoms with Crippen LogP contribution in [0, 0.1) is 11.2 Å². The van der Waals surface area contributed by atoms with Gasteiger partial charge in [0, 0.05) is 0 Å². The van der Waals surface area contributed by atoms with Gasteiger partial charge in [-0.1, -0.05) is 0 Å². The van der Waals surface area contributed by atoms with E-state index in [9.17, 15) is 9.18 Å². The summed E-state index contributed by atoms with van der Waals surface area (Å²) in [6.45, 7) is 6.75. The Labute approximate surface area is 138 Å². The van der Waals surface area contributed by atoms with E-state index in [1.807, 2.05) is 0 Å². The molecule has 0 radical (unpaired) electrons. The van der Waals surface area contributed by atoms with Crippen LogP contribution < -0.4 is 4.74 Å². The van der Waals surface area contributed by atoms with Crippen LogP contribution in [0.3, 0.4) is 0 Å². The van der Waals surface area contributed by atoms with Crippen LogP contribution in [0.15, 0.2) is 24.3 Å². The number of hydrogen-bond donors (Lipinski definition) is 0. The van der Waals surface area contributed by atoms with Crippen LogP contribution in [0.25, 0.3) is 0 Å². The van der Waals surface area contributed by atoms with E-state index in [4.69, 9.17) is 18.5 Å². The quantitative estimate of drug-likeness (QED) is 0.591. The molecule has 23 heavy (non-hydrogen) atoms. The Balaban J connectivity index is 1.81. The summed E-state index contributed by atoms with van der Waals surface area (Å²) in [5.74, 6) is -0.958. The zero-order chi connectivity index (χ0) is 17.1. The molecule has 130 valence electrons. The number of ether oxygens (including phenoxy) is 2. The molecular weight excluding hydrogens is 341 g/mol. The van der Waals surface area contributed by atoms with Gasteiger partial charge in [0.2, 0.25) is 0 Å². The summed E-state index contributed by atoms with van der Waals surface area (Å²) in [7, 11) is -0.0422. The number of carbonyl (C=O) groups is 1. The molecule has 0 amide bonds. The summed E-state index contributed by atoms with van der Waals surface area (Å²) < 4.78 is 35.1. The van der Waals surface area contributed by atoms with Crippen molar-refractivity contribution in [1.82, 2.24) is 0 Å². The van der Waals surface area contributed by atoms with Gasteiger partial charge in [-0.25, -0.2) is 0 Å². The van der Waals surface area contributed by atoms with Crippen LogP contribution in [0.4, 0.5) is 4.39 Å². The van der Waals surface area contributed by atoms with E-state index in [1.165, 1.54) is 24.3 Å². The van der Waals surface area contributed by atoms with Gasteiger partial charge in [0.05, 0.1) is 0 Å². The van der Waals surface area contributed by atoms with Crippen molar-refractivity contribution in [2.45, 2.75) is 26.6 Å². The molecule has 0 N–H and O–H groups in total. The first-order valence-corrected chi connectivity index (χ1v) is 11.1. The second-order valence-corrected chi connectivity index (χ2v) is 11.6. The summed E-state index contributed by atoms with van der Waals surface area (Å²) in [5.41, 5.74) is -0.0392. The molecule has 1 aromatic carbocycles. The van der Waals surface area contributed by atoms with Crippen molar-refractivity contribution in [3.05, 3.63) is 30.1 Å². The molecule has 0 bridgehead atoms. The van der Waals surface area contributed by atoms with E-state index in [0.29, 0.717) is 19.0 Å². The third kappa shape index (κ3) is 5.36. The molecule has 0 aliphatic carbocycles. The zero-order valence-electron chi connectivity index (χ0n) is 13.5. The maximum atomic E-state index is 12.8. The van der Waals surface area contributed by atoms with E-state index >= 15 is 0 Å². The number of hydrogen-bond acceptors (Lipinski definition) is 5. The van der Waals surface area contributed by atoms with Crippen LogP contribution in [0.5, 0.6) is 5.75 Å². The van der Waals surface area contributed by atoms with Crippen LogP contribution in [-0.2, 0) is 18.6 Å². The normalized spacial score (nSPS) is 22.0. The van der Waals surface area contributed by atoms with Crippen molar-refractivity contribution >= 4 is 22.3 Å². The van der Waals surface area contributed by atoms with Crippen molar-refractivity contribution in [2.75, 3.05) is 19.8 Å². The summed E-state index contributed by atoms with van der Waals surface area (Å²) in [6, 6.07) is 5.43. The van der Waals surface area contributed by atoms with Crippen LogP contribution >= 0.6 is 16.3 Å². The summed E-state index contributed by atoms with van der Waals surface area (Å²) in [4.78, 5) is 11.9. The van der Waals surface area contributed by atoms with Gasteiger partial charge in [-0.15, -0.1) is 0 Å². The monoisotopic (exact) mass is 364 g/mol. The van der Waals surface area contributed by atoms with Crippen LogP contribution in [-0.4, -0.2) is 31.6 Å². The molecule has 1 fully saturated rings. The number of carbonyl (C=O) groups excluding carboxylic acids is 1. The fourth-order valence-corrected chi connectivity index (χ4v) is 4.71. The van der Waals surface area contributed by atoms with Crippen molar-refractivity contribution in [2.24, 2.45) is 5.41 Å². The van der Waals surface area contributed by atoms with Crippen molar-refractivity contribution in [3.63, 3.8) is 0 Å². The number of esters is 1. The summed E-state index contributed by atoms with van der Waals surface area (Å²) in [6.07, 6.45) is 0. The molecule has 1 aliphatic heterocycles. The second-order valence-electron chi connectivity index (χ2n) is 6.34. The Morgan fingerprint density at radius 1 is 1.35 bits per heavy atom. The second kappa shape index (κ2) is 7.40. The van der Waals surface area contributed by atoms with Gasteiger partial charge in [-0.05, 0) is 0 Å². The molecule has 1 aliphatic rings. The van der Waals surface area contributed by atoms with Gasteiger partial charge < -0.3 is 0 Å². The first kappa shape index (κ1) is 18.5. The van der Waals surface area contributed by atoms with Crippen molar-refractivity contribution in [1.29, 1.82) is 0 Å². The fourth-order valence-electron chi connectivity index (χ4n) is 1.92. The minimum atomic E-state index is -2.64. The Morgan fingerprint density at radius 2 is 1.91 bits per heavy atom. The van der Waals surface area contributed by atoms with Gasteiger partial charge in [0.1, 0.15) is 0 Å². The standard InChI is InChI=1S/C15H23FO5P2/c1-11(23(22)19-9-15(2,3)10-20-23)21-14(17)8-18-13-6-4-12(16)5-7-13/h4-7,11,23H,8-10,22H2,1-3H3. The number of halogens is 1. The topological polar surface area (TPSA) is 54.0 Å². The molecule has 8 heteroatoms. The van der Waals surface area contributed by atoms with E-state index in [-0.39, 0.29) is 17.8 Å². The van der Waals surface area contributed by atoms with Crippen molar-refractivity contribution in [3.8, 4) is 5.75 Å². The zero-order valence-corrected chi connectivity index (χ0v) is 15.7. The maximum absolute atomic E-state index is 12.8. The molecule has 0 aromatic heterocycles. The number of rotatable bonds is 5. The molecular formula is C15H23FO5P2. The molecule has 0 spiro atoms. The van der Waals surface area contributed by atoms with E-state index in [2.05, 4.69) is 22.8 Å². The van der Waals surface area contributed by atoms with Crippen molar-refractivity contribution < 1.29 is 27.7 Å².